The zero-order chi connectivity index (χ0) is 14.7. The first kappa shape index (κ1) is 14.9. The predicted molar refractivity (Wildman–Crippen MR) is 83.5 cm³/mol. The zero-order valence-electron chi connectivity index (χ0n) is 11.3. The molecule has 20 heavy (non-hydrogen) atoms. The fourth-order valence-electron chi connectivity index (χ4n) is 2.03. The third-order valence-corrected chi connectivity index (χ3v) is 3.73. The summed E-state index contributed by atoms with van der Waals surface area (Å²) in [6.45, 7) is 3.81. The van der Waals surface area contributed by atoms with E-state index in [1.165, 1.54) is 0 Å². The van der Waals surface area contributed by atoms with Gasteiger partial charge >= 0.3 is 0 Å². The molecule has 2 rings (SSSR count). The molecule has 0 bridgehead atoms. The van der Waals surface area contributed by atoms with Crippen molar-refractivity contribution in [1.82, 2.24) is 5.32 Å². The van der Waals surface area contributed by atoms with Crippen LogP contribution in [0, 0.1) is 6.92 Å². The van der Waals surface area contributed by atoms with Crippen LogP contribution in [0.15, 0.2) is 42.5 Å². The molecule has 2 nitrogen and oxygen atoms in total. The summed E-state index contributed by atoms with van der Waals surface area (Å²) in [6.07, 6.45) is 0. The molecule has 0 aliphatic heterocycles. The van der Waals surface area contributed by atoms with Crippen LogP contribution in [0.3, 0.4) is 0 Å². The minimum absolute atomic E-state index is 0.110. The number of hydrogen-bond donors (Lipinski definition) is 1. The topological polar surface area (TPSA) is 29.1 Å². The lowest BCUT2D eigenvalue weighted by Gasteiger charge is -2.16. The molecule has 0 aliphatic rings. The first-order chi connectivity index (χ1) is 9.49. The number of halogens is 2. The van der Waals surface area contributed by atoms with Gasteiger partial charge in [-0.15, -0.1) is 0 Å². The van der Waals surface area contributed by atoms with Crippen molar-refractivity contribution in [2.45, 2.75) is 19.9 Å². The molecule has 1 unspecified atom stereocenters. The van der Waals surface area contributed by atoms with Gasteiger partial charge in [-0.05, 0) is 43.2 Å². The highest BCUT2D eigenvalue weighted by atomic mass is 35.5. The van der Waals surface area contributed by atoms with Gasteiger partial charge in [0.1, 0.15) is 0 Å². The lowest BCUT2D eigenvalue weighted by atomic mass is 10.1. The number of amides is 1. The van der Waals surface area contributed by atoms with Gasteiger partial charge in [0.25, 0.3) is 5.91 Å². The monoisotopic (exact) mass is 307 g/mol. The van der Waals surface area contributed by atoms with E-state index in [2.05, 4.69) is 5.32 Å². The molecule has 0 aromatic heterocycles. The second kappa shape index (κ2) is 6.29. The van der Waals surface area contributed by atoms with Gasteiger partial charge in [-0.3, -0.25) is 4.79 Å². The van der Waals surface area contributed by atoms with E-state index in [-0.39, 0.29) is 11.9 Å². The van der Waals surface area contributed by atoms with Gasteiger partial charge in [-0.1, -0.05) is 47.5 Å². The maximum atomic E-state index is 12.2. The van der Waals surface area contributed by atoms with E-state index in [1.54, 1.807) is 18.2 Å². The highest BCUT2D eigenvalue weighted by molar-refractivity contribution is 6.35. The van der Waals surface area contributed by atoms with Crippen LogP contribution in [-0.4, -0.2) is 5.91 Å². The highest BCUT2D eigenvalue weighted by Crippen LogP contribution is 2.26. The molecule has 1 amide bonds. The predicted octanol–water partition coefficient (Wildman–Crippen LogP) is 4.79. The molecule has 0 heterocycles. The van der Waals surface area contributed by atoms with Gasteiger partial charge < -0.3 is 5.32 Å². The van der Waals surface area contributed by atoms with E-state index in [9.17, 15) is 4.79 Å². The van der Waals surface area contributed by atoms with E-state index in [0.29, 0.717) is 15.6 Å². The van der Waals surface area contributed by atoms with E-state index in [0.717, 1.165) is 11.1 Å². The first-order valence-electron chi connectivity index (χ1n) is 6.30. The second-order valence-corrected chi connectivity index (χ2v) is 5.52. The minimum Gasteiger partial charge on any atom is -0.345 e. The van der Waals surface area contributed by atoms with Crippen LogP contribution in [-0.2, 0) is 0 Å². The Hall–Kier alpha value is -1.51. The summed E-state index contributed by atoms with van der Waals surface area (Å²) in [7, 11) is 0. The molecule has 0 fully saturated rings. The van der Waals surface area contributed by atoms with Crippen LogP contribution >= 0.6 is 23.2 Å². The SMILES string of the molecule is Cc1ccccc1C(=O)NC(C)c1ccc(Cl)cc1Cl. The molecule has 104 valence electrons. The number of rotatable bonds is 3. The molecule has 1 N–H and O–H groups in total. The maximum absolute atomic E-state index is 12.2. The molecule has 4 heteroatoms. The lowest BCUT2D eigenvalue weighted by molar-refractivity contribution is 0.0939. The smallest absolute Gasteiger partial charge is 0.252 e. The van der Waals surface area contributed by atoms with Crippen molar-refractivity contribution in [1.29, 1.82) is 0 Å². The van der Waals surface area contributed by atoms with Crippen molar-refractivity contribution in [3.05, 3.63) is 69.2 Å². The van der Waals surface area contributed by atoms with Gasteiger partial charge in [-0.2, -0.15) is 0 Å². The molecule has 0 saturated heterocycles. The van der Waals surface area contributed by atoms with E-state index < -0.39 is 0 Å². The molecule has 0 radical (unpaired) electrons. The van der Waals surface area contributed by atoms with Crippen molar-refractivity contribution in [3.8, 4) is 0 Å². The summed E-state index contributed by atoms with van der Waals surface area (Å²) in [6, 6.07) is 12.6. The molecule has 0 aliphatic carbocycles. The Bertz CT molecular complexity index is 640. The van der Waals surface area contributed by atoms with Crippen molar-refractivity contribution in [2.75, 3.05) is 0 Å². The Morgan fingerprint density at radius 3 is 2.50 bits per heavy atom. The van der Waals surface area contributed by atoms with E-state index in [4.69, 9.17) is 23.2 Å². The summed E-state index contributed by atoms with van der Waals surface area (Å²) in [5.41, 5.74) is 2.46. The maximum Gasteiger partial charge on any atom is 0.252 e. The molecule has 2 aromatic carbocycles. The molecule has 0 saturated carbocycles. The average molecular weight is 308 g/mol. The van der Waals surface area contributed by atoms with Gasteiger partial charge in [0.15, 0.2) is 0 Å². The van der Waals surface area contributed by atoms with E-state index >= 15 is 0 Å². The van der Waals surface area contributed by atoms with Crippen LogP contribution in [0.5, 0.6) is 0 Å². The lowest BCUT2D eigenvalue weighted by Crippen LogP contribution is -2.27. The summed E-state index contributed by atoms with van der Waals surface area (Å²) in [5, 5.41) is 4.08. The Kier molecular flexibility index (Phi) is 4.69. The number of benzene rings is 2. The van der Waals surface area contributed by atoms with Crippen molar-refractivity contribution in [2.24, 2.45) is 0 Å². The molecular formula is C16H15Cl2NO. The largest absolute Gasteiger partial charge is 0.345 e. The molecular weight excluding hydrogens is 293 g/mol. The number of carbonyl (C=O) groups excluding carboxylic acids is 1. The van der Waals surface area contributed by atoms with Crippen molar-refractivity contribution >= 4 is 29.1 Å². The molecule has 0 spiro atoms. The Morgan fingerprint density at radius 2 is 1.85 bits per heavy atom. The van der Waals surface area contributed by atoms with Gasteiger partial charge in [0, 0.05) is 15.6 Å². The standard InChI is InChI=1S/C16H15Cl2NO/c1-10-5-3-4-6-13(10)16(20)19-11(2)14-8-7-12(17)9-15(14)18/h3-9,11H,1-2H3,(H,19,20). The van der Waals surface area contributed by atoms with Crippen LogP contribution in [0.1, 0.15) is 34.5 Å². The molecule has 2 aromatic rings. The fourth-order valence-corrected chi connectivity index (χ4v) is 2.60. The third kappa shape index (κ3) is 3.33. The van der Waals surface area contributed by atoms with Gasteiger partial charge in [-0.25, -0.2) is 0 Å². The van der Waals surface area contributed by atoms with Crippen LogP contribution in [0.25, 0.3) is 0 Å². The molecule has 1 atom stereocenters. The number of aryl methyl sites for hydroxylation is 1. The Morgan fingerprint density at radius 1 is 1.15 bits per heavy atom. The quantitative estimate of drug-likeness (QED) is 0.867. The fraction of sp³-hybridized carbons (Fsp3) is 0.188. The highest BCUT2D eigenvalue weighted by Gasteiger charge is 2.15. The normalized spacial score (nSPS) is 12.0. The number of carbonyl (C=O) groups is 1. The third-order valence-electron chi connectivity index (χ3n) is 3.17. The average Bonchev–Trinajstić information content (AvgIpc) is 2.38. The van der Waals surface area contributed by atoms with Crippen LogP contribution in [0.4, 0.5) is 0 Å². The number of nitrogens with one attached hydrogen (secondary N) is 1. The first-order valence-corrected chi connectivity index (χ1v) is 7.06. The van der Waals surface area contributed by atoms with Crippen LogP contribution in [0.2, 0.25) is 10.0 Å². The number of hydrogen-bond acceptors (Lipinski definition) is 1. The van der Waals surface area contributed by atoms with Crippen molar-refractivity contribution < 1.29 is 4.79 Å². The van der Waals surface area contributed by atoms with Crippen molar-refractivity contribution in [3.63, 3.8) is 0 Å². The summed E-state index contributed by atoms with van der Waals surface area (Å²) >= 11 is 12.0. The van der Waals surface area contributed by atoms with Gasteiger partial charge in [0.2, 0.25) is 0 Å². The van der Waals surface area contributed by atoms with Crippen LogP contribution < -0.4 is 5.32 Å². The minimum atomic E-state index is -0.188. The summed E-state index contributed by atoms with van der Waals surface area (Å²) in [4.78, 5) is 12.2. The zero-order valence-corrected chi connectivity index (χ0v) is 12.8. The second-order valence-electron chi connectivity index (χ2n) is 4.68. The van der Waals surface area contributed by atoms with E-state index in [1.807, 2.05) is 38.1 Å². The Balaban J connectivity index is 2.17. The summed E-state index contributed by atoms with van der Waals surface area (Å²) < 4.78 is 0. The Labute approximate surface area is 128 Å². The van der Waals surface area contributed by atoms with Gasteiger partial charge in [0.05, 0.1) is 6.04 Å². The summed E-state index contributed by atoms with van der Waals surface area (Å²) in [5.74, 6) is -0.110.